The maximum absolute atomic E-state index is 3.32. The van der Waals surface area contributed by atoms with Gasteiger partial charge >= 0.3 is 0 Å². The van der Waals surface area contributed by atoms with Gasteiger partial charge in [-0.25, -0.2) is 0 Å². The van der Waals surface area contributed by atoms with Crippen molar-refractivity contribution in [2.75, 3.05) is 7.05 Å². The molecule has 1 N–H and O–H groups in total. The molecule has 1 aromatic carbocycles. The monoisotopic (exact) mass is 258 g/mol. The van der Waals surface area contributed by atoms with Gasteiger partial charge in [-0.1, -0.05) is 33.8 Å². The van der Waals surface area contributed by atoms with Crippen LogP contribution >= 0.6 is 0 Å². The summed E-state index contributed by atoms with van der Waals surface area (Å²) in [5, 5.41) is 4.73. The molecule has 0 aliphatic rings. The highest BCUT2D eigenvalue weighted by molar-refractivity contribution is 5.86. The third-order valence-electron chi connectivity index (χ3n) is 3.94. The first-order valence-electron chi connectivity index (χ1n) is 7.23. The molecule has 0 saturated heterocycles. The third kappa shape index (κ3) is 2.42. The van der Waals surface area contributed by atoms with Crippen molar-refractivity contribution < 1.29 is 0 Å². The van der Waals surface area contributed by atoms with Crippen LogP contribution in [0.4, 0.5) is 0 Å². The summed E-state index contributed by atoms with van der Waals surface area (Å²) in [4.78, 5) is 0. The molecule has 2 nitrogen and oxygen atoms in total. The molecular formula is C17H26N2. The van der Waals surface area contributed by atoms with Crippen LogP contribution in [0.1, 0.15) is 56.4 Å². The van der Waals surface area contributed by atoms with Crippen LogP contribution in [0.15, 0.2) is 18.2 Å². The zero-order valence-electron chi connectivity index (χ0n) is 13.0. The van der Waals surface area contributed by atoms with E-state index in [1.54, 1.807) is 0 Å². The summed E-state index contributed by atoms with van der Waals surface area (Å²) in [7, 11) is 4.21. The first kappa shape index (κ1) is 14.1. The molecule has 2 rings (SSSR count). The molecule has 19 heavy (non-hydrogen) atoms. The lowest BCUT2D eigenvalue weighted by atomic mass is 9.98. The molecule has 0 bridgehead atoms. The van der Waals surface area contributed by atoms with Gasteiger partial charge in [0.1, 0.15) is 0 Å². The Kier molecular flexibility index (Phi) is 4.00. The molecule has 0 saturated carbocycles. The second-order valence-corrected chi connectivity index (χ2v) is 6.04. The Bertz CT molecular complexity index is 576. The average Bonchev–Trinajstić information content (AvgIpc) is 2.63. The molecule has 0 radical (unpaired) electrons. The fourth-order valence-electron chi connectivity index (χ4n) is 3.02. The third-order valence-corrected chi connectivity index (χ3v) is 3.94. The van der Waals surface area contributed by atoms with Crippen LogP contribution in [-0.2, 0) is 13.6 Å². The highest BCUT2D eigenvalue weighted by Gasteiger charge is 2.17. The Labute approximate surface area is 116 Å². The van der Waals surface area contributed by atoms with Crippen molar-refractivity contribution in [3.8, 4) is 0 Å². The number of nitrogens with one attached hydrogen (secondary N) is 1. The number of benzene rings is 1. The van der Waals surface area contributed by atoms with Crippen LogP contribution in [0.2, 0.25) is 0 Å². The standard InChI is InChI=1S/C17H26N2/c1-11(2)13-7-8-16-14(9-13)15(10-18-5)17(12(3)4)19(16)6/h7-9,11-12,18H,10H2,1-6H3. The summed E-state index contributed by atoms with van der Waals surface area (Å²) < 4.78 is 2.36. The minimum absolute atomic E-state index is 0.545. The van der Waals surface area contributed by atoms with Crippen LogP contribution in [0.3, 0.4) is 0 Å². The summed E-state index contributed by atoms with van der Waals surface area (Å²) in [5.41, 5.74) is 5.67. The summed E-state index contributed by atoms with van der Waals surface area (Å²) >= 11 is 0. The van der Waals surface area contributed by atoms with Crippen molar-refractivity contribution in [2.24, 2.45) is 7.05 Å². The second kappa shape index (κ2) is 5.38. The number of hydrogen-bond acceptors (Lipinski definition) is 1. The van der Waals surface area contributed by atoms with Crippen LogP contribution in [0.25, 0.3) is 10.9 Å². The van der Waals surface area contributed by atoms with Gasteiger partial charge in [0.05, 0.1) is 0 Å². The van der Waals surface area contributed by atoms with Crippen molar-refractivity contribution in [2.45, 2.75) is 46.1 Å². The molecule has 0 atom stereocenters. The first-order chi connectivity index (χ1) is 8.97. The summed E-state index contributed by atoms with van der Waals surface area (Å²) in [6.07, 6.45) is 0. The minimum Gasteiger partial charge on any atom is -0.347 e. The van der Waals surface area contributed by atoms with E-state index in [-0.39, 0.29) is 0 Å². The van der Waals surface area contributed by atoms with E-state index in [4.69, 9.17) is 0 Å². The van der Waals surface area contributed by atoms with E-state index in [1.807, 2.05) is 7.05 Å². The molecular weight excluding hydrogens is 232 g/mol. The predicted octanol–water partition coefficient (Wildman–Crippen LogP) is 4.14. The predicted molar refractivity (Wildman–Crippen MR) is 83.9 cm³/mol. The van der Waals surface area contributed by atoms with Gasteiger partial charge < -0.3 is 9.88 Å². The van der Waals surface area contributed by atoms with Gasteiger partial charge in [-0.2, -0.15) is 0 Å². The number of hydrogen-bond donors (Lipinski definition) is 1. The van der Waals surface area contributed by atoms with E-state index in [2.05, 4.69) is 62.8 Å². The van der Waals surface area contributed by atoms with Crippen molar-refractivity contribution in [1.82, 2.24) is 9.88 Å². The minimum atomic E-state index is 0.545. The SMILES string of the molecule is CNCc1c(C(C)C)n(C)c2ccc(C(C)C)cc12. The molecule has 104 valence electrons. The molecule has 0 spiro atoms. The molecule has 0 fully saturated rings. The quantitative estimate of drug-likeness (QED) is 0.872. The lowest BCUT2D eigenvalue weighted by Crippen LogP contribution is -2.09. The maximum Gasteiger partial charge on any atom is 0.0483 e. The number of aromatic nitrogens is 1. The van der Waals surface area contributed by atoms with E-state index in [0.717, 1.165) is 6.54 Å². The molecule has 0 aliphatic heterocycles. The fraction of sp³-hybridized carbons (Fsp3) is 0.529. The Morgan fingerprint density at radius 1 is 1.11 bits per heavy atom. The fourth-order valence-corrected chi connectivity index (χ4v) is 3.02. The van der Waals surface area contributed by atoms with Crippen molar-refractivity contribution in [3.63, 3.8) is 0 Å². The van der Waals surface area contributed by atoms with Gasteiger partial charge in [-0.3, -0.25) is 0 Å². The van der Waals surface area contributed by atoms with E-state index < -0.39 is 0 Å². The molecule has 2 aromatic rings. The van der Waals surface area contributed by atoms with E-state index >= 15 is 0 Å². The topological polar surface area (TPSA) is 17.0 Å². The van der Waals surface area contributed by atoms with Crippen molar-refractivity contribution >= 4 is 10.9 Å². The highest BCUT2D eigenvalue weighted by atomic mass is 15.0. The molecule has 1 heterocycles. The maximum atomic E-state index is 3.32. The van der Waals surface area contributed by atoms with Crippen molar-refractivity contribution in [1.29, 1.82) is 0 Å². The van der Waals surface area contributed by atoms with Crippen LogP contribution in [0.5, 0.6) is 0 Å². The van der Waals surface area contributed by atoms with Crippen LogP contribution < -0.4 is 5.32 Å². The zero-order chi connectivity index (χ0) is 14.2. The van der Waals surface area contributed by atoms with Gasteiger partial charge in [-0.15, -0.1) is 0 Å². The molecule has 0 amide bonds. The Morgan fingerprint density at radius 2 is 1.79 bits per heavy atom. The summed E-state index contributed by atoms with van der Waals surface area (Å²) in [5.74, 6) is 1.12. The normalized spacial score (nSPS) is 12.0. The lowest BCUT2D eigenvalue weighted by Gasteiger charge is -2.11. The van der Waals surface area contributed by atoms with E-state index in [0.29, 0.717) is 11.8 Å². The van der Waals surface area contributed by atoms with E-state index in [1.165, 1.54) is 27.7 Å². The Balaban J connectivity index is 2.74. The van der Waals surface area contributed by atoms with Gasteiger partial charge in [0.15, 0.2) is 0 Å². The Hall–Kier alpha value is -1.28. The summed E-state index contributed by atoms with van der Waals surface area (Å²) in [6.45, 7) is 10.00. The summed E-state index contributed by atoms with van der Waals surface area (Å²) in [6, 6.07) is 6.91. The van der Waals surface area contributed by atoms with Crippen LogP contribution in [0, 0.1) is 0 Å². The van der Waals surface area contributed by atoms with Crippen LogP contribution in [-0.4, -0.2) is 11.6 Å². The number of rotatable bonds is 4. The smallest absolute Gasteiger partial charge is 0.0483 e. The number of fused-ring (bicyclic) bond motifs is 1. The Morgan fingerprint density at radius 3 is 2.32 bits per heavy atom. The van der Waals surface area contributed by atoms with Gasteiger partial charge in [0.25, 0.3) is 0 Å². The second-order valence-electron chi connectivity index (χ2n) is 6.04. The lowest BCUT2D eigenvalue weighted by molar-refractivity contribution is 0.719. The van der Waals surface area contributed by atoms with E-state index in [9.17, 15) is 0 Å². The van der Waals surface area contributed by atoms with Crippen molar-refractivity contribution in [3.05, 3.63) is 35.0 Å². The molecule has 1 aromatic heterocycles. The molecule has 0 unspecified atom stereocenters. The number of aryl methyl sites for hydroxylation is 1. The zero-order valence-corrected chi connectivity index (χ0v) is 13.0. The highest BCUT2D eigenvalue weighted by Crippen LogP contribution is 2.32. The average molecular weight is 258 g/mol. The first-order valence-corrected chi connectivity index (χ1v) is 7.23. The van der Waals surface area contributed by atoms with Gasteiger partial charge in [0, 0.05) is 30.2 Å². The molecule has 2 heteroatoms. The largest absolute Gasteiger partial charge is 0.347 e. The van der Waals surface area contributed by atoms with Gasteiger partial charge in [0.2, 0.25) is 0 Å². The number of nitrogens with zero attached hydrogens (tertiary/aromatic N) is 1. The van der Waals surface area contributed by atoms with Gasteiger partial charge in [-0.05, 0) is 42.1 Å². The molecule has 0 aliphatic carbocycles.